The molecule has 0 aromatic heterocycles. The summed E-state index contributed by atoms with van der Waals surface area (Å²) in [4.78, 5) is 52.0. The van der Waals surface area contributed by atoms with Crippen LogP contribution in [0.15, 0.2) is 11.1 Å². The van der Waals surface area contributed by atoms with Crippen molar-refractivity contribution in [1.29, 1.82) is 0 Å². The van der Waals surface area contributed by atoms with Gasteiger partial charge in [-0.05, 0) is 72.7 Å². The number of ketones is 3. The van der Waals surface area contributed by atoms with Crippen LogP contribution in [0.4, 0.5) is 0 Å². The van der Waals surface area contributed by atoms with Gasteiger partial charge in [0.2, 0.25) is 0 Å². The van der Waals surface area contributed by atoms with Gasteiger partial charge in [0.25, 0.3) is 0 Å². The molecule has 0 aromatic rings. The van der Waals surface area contributed by atoms with E-state index in [4.69, 9.17) is 0 Å². The van der Waals surface area contributed by atoms with Gasteiger partial charge in [-0.2, -0.15) is 0 Å². The molecule has 2 saturated carbocycles. The highest BCUT2D eigenvalue weighted by atomic mass is 16.4. The molecule has 38 heavy (non-hydrogen) atoms. The molecule has 0 bridgehead atoms. The molecular formula is C30H44O8. The SMILES string of the molecule is C[C@H](CC(=O)[C@H](O)[C@@H](C)C(=O)O)[C@H]1CC(=O)[C@@]2(C)C3=C(C(=O)C[C@]12C)[C@@]1(C)CC[C@H](O)C(C)(C)[C@@H]1C[C@@H]3O. The van der Waals surface area contributed by atoms with E-state index in [0.29, 0.717) is 30.4 Å². The van der Waals surface area contributed by atoms with Gasteiger partial charge in [0, 0.05) is 24.8 Å². The summed E-state index contributed by atoms with van der Waals surface area (Å²) in [5, 5.41) is 41.8. The first-order valence-electron chi connectivity index (χ1n) is 14.0. The lowest BCUT2D eigenvalue weighted by molar-refractivity contribution is -0.150. The molecule has 8 heteroatoms. The molecule has 212 valence electrons. The van der Waals surface area contributed by atoms with Crippen LogP contribution in [0.1, 0.15) is 87.0 Å². The molecule has 0 amide bonds. The fraction of sp³-hybridized carbons (Fsp3) is 0.800. The highest BCUT2D eigenvalue weighted by Gasteiger charge is 2.70. The monoisotopic (exact) mass is 532 g/mol. The summed E-state index contributed by atoms with van der Waals surface area (Å²) in [6, 6.07) is 0. The first-order chi connectivity index (χ1) is 17.4. The Hall–Kier alpha value is -1.90. The number of aliphatic carboxylic acids is 1. The summed E-state index contributed by atoms with van der Waals surface area (Å²) in [6.45, 7) is 12.9. The summed E-state index contributed by atoms with van der Waals surface area (Å²) in [5.41, 5.74) is -1.87. The number of carbonyl (C=O) groups is 4. The summed E-state index contributed by atoms with van der Waals surface area (Å²) in [7, 11) is 0. The average molecular weight is 533 g/mol. The van der Waals surface area contributed by atoms with E-state index in [1.807, 2.05) is 34.6 Å². The van der Waals surface area contributed by atoms with Gasteiger partial charge in [-0.1, -0.05) is 34.6 Å². The van der Waals surface area contributed by atoms with Crippen LogP contribution in [-0.4, -0.2) is 62.1 Å². The molecule has 2 fully saturated rings. The first kappa shape index (κ1) is 29.1. The fourth-order valence-electron chi connectivity index (χ4n) is 9.10. The Morgan fingerprint density at radius 2 is 1.66 bits per heavy atom. The summed E-state index contributed by atoms with van der Waals surface area (Å²) in [5.74, 6) is -4.07. The highest BCUT2D eigenvalue weighted by molar-refractivity contribution is 6.05. The van der Waals surface area contributed by atoms with Gasteiger partial charge in [-0.3, -0.25) is 19.2 Å². The smallest absolute Gasteiger partial charge is 0.309 e. The third-order valence-electron chi connectivity index (χ3n) is 11.8. The van der Waals surface area contributed by atoms with Crippen LogP contribution in [0.2, 0.25) is 0 Å². The number of aliphatic hydroxyl groups excluding tert-OH is 3. The van der Waals surface area contributed by atoms with Crippen LogP contribution in [0, 0.1) is 45.3 Å². The zero-order valence-corrected chi connectivity index (χ0v) is 23.7. The molecule has 0 aromatic carbocycles. The zero-order valence-electron chi connectivity index (χ0n) is 23.7. The number of allylic oxidation sites excluding steroid dienone is 1. The van der Waals surface area contributed by atoms with Crippen molar-refractivity contribution in [2.75, 3.05) is 0 Å². The highest BCUT2D eigenvalue weighted by Crippen LogP contribution is 2.70. The number of fused-ring (bicyclic) bond motifs is 4. The van der Waals surface area contributed by atoms with Crippen molar-refractivity contribution >= 4 is 23.3 Å². The third kappa shape index (κ3) is 3.73. The maximum absolute atomic E-state index is 14.1. The lowest BCUT2D eigenvalue weighted by Gasteiger charge is -2.61. The molecule has 0 aliphatic heterocycles. The van der Waals surface area contributed by atoms with E-state index in [-0.39, 0.29) is 48.6 Å². The Morgan fingerprint density at radius 3 is 2.24 bits per heavy atom. The van der Waals surface area contributed by atoms with Crippen LogP contribution >= 0.6 is 0 Å². The lowest BCUT2D eigenvalue weighted by atomic mass is 9.42. The second-order valence-electron chi connectivity index (χ2n) is 14.0. The van der Waals surface area contributed by atoms with E-state index < -0.39 is 57.6 Å². The number of Topliss-reactive ketones (excluding diaryl/α,β-unsaturated/α-hetero) is 3. The molecule has 0 saturated heterocycles. The number of aliphatic hydroxyl groups is 3. The van der Waals surface area contributed by atoms with Crippen molar-refractivity contribution in [3.63, 3.8) is 0 Å². The number of hydrogen-bond donors (Lipinski definition) is 4. The second-order valence-corrected chi connectivity index (χ2v) is 14.0. The molecule has 0 heterocycles. The molecule has 4 aliphatic rings. The molecule has 4 rings (SSSR count). The summed E-state index contributed by atoms with van der Waals surface area (Å²) >= 11 is 0. The van der Waals surface area contributed by atoms with E-state index in [9.17, 15) is 39.6 Å². The van der Waals surface area contributed by atoms with Gasteiger partial charge < -0.3 is 20.4 Å². The van der Waals surface area contributed by atoms with Gasteiger partial charge >= 0.3 is 5.97 Å². The van der Waals surface area contributed by atoms with Crippen molar-refractivity contribution in [3.05, 3.63) is 11.1 Å². The van der Waals surface area contributed by atoms with Crippen LogP contribution in [0.3, 0.4) is 0 Å². The van der Waals surface area contributed by atoms with Gasteiger partial charge in [-0.15, -0.1) is 0 Å². The number of carboxylic acids is 1. The molecule has 10 atom stereocenters. The van der Waals surface area contributed by atoms with E-state index in [1.54, 1.807) is 0 Å². The average Bonchev–Trinajstić information content (AvgIpc) is 3.03. The molecule has 8 nitrogen and oxygen atoms in total. The van der Waals surface area contributed by atoms with Crippen molar-refractivity contribution in [1.82, 2.24) is 0 Å². The van der Waals surface area contributed by atoms with E-state index >= 15 is 0 Å². The van der Waals surface area contributed by atoms with Gasteiger partial charge in [0.15, 0.2) is 11.6 Å². The van der Waals surface area contributed by atoms with Gasteiger partial charge in [0.05, 0.1) is 23.5 Å². The van der Waals surface area contributed by atoms with Crippen molar-refractivity contribution in [3.8, 4) is 0 Å². The molecule has 0 radical (unpaired) electrons. The Bertz CT molecular complexity index is 1110. The minimum absolute atomic E-state index is 0.0556. The van der Waals surface area contributed by atoms with E-state index in [1.165, 1.54) is 6.92 Å². The minimum Gasteiger partial charge on any atom is -0.481 e. The molecule has 0 spiro atoms. The van der Waals surface area contributed by atoms with E-state index in [0.717, 1.165) is 0 Å². The van der Waals surface area contributed by atoms with Crippen LogP contribution in [0.25, 0.3) is 0 Å². The second kappa shape index (κ2) is 9.07. The number of hydrogen-bond acceptors (Lipinski definition) is 7. The topological polar surface area (TPSA) is 149 Å². The van der Waals surface area contributed by atoms with Crippen LogP contribution < -0.4 is 0 Å². The lowest BCUT2D eigenvalue weighted by Crippen LogP contribution is -2.60. The standard InChI is InChI=1S/C30H44O8/c1-14(10-18(32)25(36)15(2)26(37)38)16-11-22(35)30(7)24-17(31)12-20-27(3,4)21(34)8-9-28(20,5)23(24)19(33)13-29(16,30)6/h14-17,20-21,25,31,34,36H,8-13H2,1-7H3,(H,37,38)/t14-,15-,16-,17+,20+,21+,25-,28+,29-,30+/m1/s1. The van der Waals surface area contributed by atoms with Crippen molar-refractivity contribution < 1.29 is 39.6 Å². The summed E-state index contributed by atoms with van der Waals surface area (Å²) in [6.07, 6.45) is -1.49. The maximum Gasteiger partial charge on any atom is 0.309 e. The van der Waals surface area contributed by atoms with E-state index in [2.05, 4.69) is 6.92 Å². The van der Waals surface area contributed by atoms with Crippen molar-refractivity contribution in [2.24, 2.45) is 45.3 Å². The Labute approximate surface area is 224 Å². The zero-order chi connectivity index (χ0) is 28.7. The largest absolute Gasteiger partial charge is 0.481 e. The Balaban J connectivity index is 1.75. The number of carbonyl (C=O) groups excluding carboxylic acids is 3. The van der Waals surface area contributed by atoms with Gasteiger partial charge in [0.1, 0.15) is 11.9 Å². The quantitative estimate of drug-likeness (QED) is 0.408. The van der Waals surface area contributed by atoms with Gasteiger partial charge in [-0.25, -0.2) is 0 Å². The predicted molar refractivity (Wildman–Crippen MR) is 139 cm³/mol. The summed E-state index contributed by atoms with van der Waals surface area (Å²) < 4.78 is 0. The van der Waals surface area contributed by atoms with Crippen LogP contribution in [0.5, 0.6) is 0 Å². The third-order valence-corrected chi connectivity index (χ3v) is 11.8. The molecular weight excluding hydrogens is 488 g/mol. The predicted octanol–water partition coefficient (Wildman–Crippen LogP) is 3.10. The van der Waals surface area contributed by atoms with Crippen LogP contribution in [-0.2, 0) is 19.2 Å². The maximum atomic E-state index is 14.1. The minimum atomic E-state index is -1.64. The number of rotatable bonds is 6. The molecule has 0 unspecified atom stereocenters. The normalized spacial score (nSPS) is 42.6. The first-order valence-corrected chi connectivity index (χ1v) is 14.0. The Kier molecular flexibility index (Phi) is 6.94. The van der Waals surface area contributed by atoms with Crippen molar-refractivity contribution in [2.45, 2.75) is 105 Å². The number of carboxylic acid groups (broad SMARTS) is 1. The molecule has 4 N–H and O–H groups in total. The molecule has 4 aliphatic carbocycles. The fourth-order valence-corrected chi connectivity index (χ4v) is 9.10. The Morgan fingerprint density at radius 1 is 1.05 bits per heavy atom.